The number of nitrogens with zero attached hydrogens (tertiary/aromatic N) is 2. The Bertz CT molecular complexity index is 1280. The number of fused-ring (bicyclic) bond motifs is 2. The highest BCUT2D eigenvalue weighted by molar-refractivity contribution is 5.38. The highest BCUT2D eigenvalue weighted by Crippen LogP contribution is 2.94. The molecule has 5 saturated carbocycles. The Morgan fingerprint density at radius 2 is 1.66 bits per heavy atom. The fourth-order valence-corrected chi connectivity index (χ4v) is 13.7. The van der Waals surface area contributed by atoms with Crippen molar-refractivity contribution in [2.75, 3.05) is 0 Å². The zero-order valence-corrected chi connectivity index (χ0v) is 29.0. The average Bonchev–Trinajstić information content (AvgIpc) is 3.43. The van der Waals surface area contributed by atoms with Crippen molar-refractivity contribution in [3.8, 4) is 6.01 Å². The van der Waals surface area contributed by atoms with Crippen molar-refractivity contribution < 1.29 is 20.1 Å². The van der Waals surface area contributed by atoms with Gasteiger partial charge in [-0.05, 0) is 128 Å². The third kappa shape index (κ3) is 3.60. The molecule has 0 bridgehead atoms. The molecule has 5 aliphatic rings. The molecule has 6 rings (SSSR count). The van der Waals surface area contributed by atoms with Gasteiger partial charge in [0.05, 0.1) is 17.8 Å². The number of hydrogen-bond acceptors (Lipinski definition) is 6. The molecule has 1 aromatic rings. The van der Waals surface area contributed by atoms with E-state index in [9.17, 15) is 15.3 Å². The van der Waals surface area contributed by atoms with Gasteiger partial charge in [0.1, 0.15) is 6.10 Å². The van der Waals surface area contributed by atoms with E-state index in [0.717, 1.165) is 44.9 Å². The molecule has 3 N–H and O–H groups in total. The summed E-state index contributed by atoms with van der Waals surface area (Å²) in [5.74, 6) is 1.20. The minimum Gasteiger partial charge on any atom is -0.457 e. The Kier molecular flexibility index (Phi) is 7.20. The van der Waals surface area contributed by atoms with Gasteiger partial charge in [-0.15, -0.1) is 6.58 Å². The molecule has 0 saturated heterocycles. The number of aliphatic hydroxyl groups is 3. The summed E-state index contributed by atoms with van der Waals surface area (Å²) in [5.41, 5.74) is -1.03. The van der Waals surface area contributed by atoms with Crippen LogP contribution < -0.4 is 4.74 Å². The van der Waals surface area contributed by atoms with E-state index in [4.69, 9.17) is 4.74 Å². The van der Waals surface area contributed by atoms with Gasteiger partial charge in [-0.3, -0.25) is 0 Å². The van der Waals surface area contributed by atoms with Gasteiger partial charge in [0.2, 0.25) is 0 Å². The van der Waals surface area contributed by atoms with Crippen LogP contribution in [-0.4, -0.2) is 49.2 Å². The normalized spacial score (nSPS) is 48.6. The lowest BCUT2D eigenvalue weighted by Gasteiger charge is -2.67. The molecule has 44 heavy (non-hydrogen) atoms. The van der Waals surface area contributed by atoms with E-state index >= 15 is 0 Å². The maximum absolute atomic E-state index is 12.2. The monoisotopic (exact) mass is 608 g/mol. The second-order valence-corrected chi connectivity index (χ2v) is 17.9. The van der Waals surface area contributed by atoms with Crippen molar-refractivity contribution in [3.63, 3.8) is 0 Å². The quantitative estimate of drug-likeness (QED) is 0.267. The van der Waals surface area contributed by atoms with E-state index in [1.54, 1.807) is 32.3 Å². The molecule has 0 radical (unpaired) electrons. The van der Waals surface area contributed by atoms with Crippen molar-refractivity contribution in [2.45, 2.75) is 144 Å². The van der Waals surface area contributed by atoms with Crippen molar-refractivity contribution in [1.82, 2.24) is 9.97 Å². The highest BCUT2D eigenvalue weighted by Gasteiger charge is 2.89. The first-order valence-corrected chi connectivity index (χ1v) is 17.5. The van der Waals surface area contributed by atoms with E-state index in [1.165, 1.54) is 12.8 Å². The molecule has 0 aliphatic heterocycles. The van der Waals surface area contributed by atoms with Gasteiger partial charge in [-0.25, -0.2) is 9.97 Å². The van der Waals surface area contributed by atoms with Crippen LogP contribution in [0.25, 0.3) is 0 Å². The van der Waals surface area contributed by atoms with E-state index in [-0.39, 0.29) is 50.5 Å². The first-order chi connectivity index (χ1) is 20.4. The SMILES string of the molecule is C=CC1(CC[C@@H](C)[C@H](Oc2ncccn2)C(C)(C)O)[C@H](O)C[C@@]2(C)[C@@H]3CC[C@@]4(C)C(C)(C)[C@@H](O)CC[C@@]45[C@@H](C)[C@@]35CC[C@]12C. The summed E-state index contributed by atoms with van der Waals surface area (Å²) in [7, 11) is 0. The summed E-state index contributed by atoms with van der Waals surface area (Å²) >= 11 is 0. The number of hydrogen-bond donors (Lipinski definition) is 3. The van der Waals surface area contributed by atoms with Crippen LogP contribution >= 0.6 is 0 Å². The molecule has 0 amide bonds. The number of aromatic nitrogens is 2. The molecule has 6 nitrogen and oxygen atoms in total. The molecule has 6 heteroatoms. The summed E-state index contributed by atoms with van der Waals surface area (Å²) < 4.78 is 6.21. The molecular formula is C38H60N2O4. The van der Waals surface area contributed by atoms with E-state index in [0.29, 0.717) is 11.8 Å². The zero-order valence-electron chi connectivity index (χ0n) is 29.0. The standard InChI is InChI=1S/C38H60N2O4/c1-11-36(17-13-24(2)29(32(6,7)43)44-30-39-21-12-22-40-30)28(42)23-33(8)26-14-16-34(9)31(4,5)27(41)15-18-38(34)25(3)37(26,38)20-19-35(33,36)10/h11-12,21-22,24-29,41-43H,1,13-20,23H2,2-10H3/t24-,25+,26+,27+,28-,29+,33+,34+,35+,36?,37+,38-/m1/s1. The summed E-state index contributed by atoms with van der Waals surface area (Å²) in [6.45, 7) is 24.9. The minimum atomic E-state index is -1.09. The molecule has 0 aromatic carbocycles. The summed E-state index contributed by atoms with van der Waals surface area (Å²) in [6, 6.07) is 2.03. The molecule has 2 spiro atoms. The predicted molar refractivity (Wildman–Crippen MR) is 174 cm³/mol. The fourth-order valence-electron chi connectivity index (χ4n) is 13.7. The van der Waals surface area contributed by atoms with Crippen molar-refractivity contribution in [1.29, 1.82) is 0 Å². The van der Waals surface area contributed by atoms with Gasteiger partial charge >= 0.3 is 6.01 Å². The average molecular weight is 609 g/mol. The molecule has 1 aromatic heterocycles. The summed E-state index contributed by atoms with van der Waals surface area (Å²) in [6.07, 6.45) is 13.3. The predicted octanol–water partition coefficient (Wildman–Crippen LogP) is 7.37. The van der Waals surface area contributed by atoms with Crippen LogP contribution in [0.3, 0.4) is 0 Å². The fraction of sp³-hybridized carbons (Fsp3) is 0.842. The molecule has 12 atom stereocenters. The Morgan fingerprint density at radius 3 is 2.27 bits per heavy atom. The van der Waals surface area contributed by atoms with Crippen molar-refractivity contribution in [3.05, 3.63) is 31.1 Å². The lowest BCUT2D eigenvalue weighted by molar-refractivity contribution is -0.205. The Balaban J connectivity index is 1.30. The molecule has 246 valence electrons. The Hall–Kier alpha value is -1.50. The Morgan fingerprint density at radius 1 is 1.00 bits per heavy atom. The van der Waals surface area contributed by atoms with Crippen LogP contribution in [-0.2, 0) is 0 Å². The van der Waals surface area contributed by atoms with Gasteiger partial charge in [-0.1, -0.05) is 54.5 Å². The number of ether oxygens (including phenoxy) is 1. The summed E-state index contributed by atoms with van der Waals surface area (Å²) in [5, 5.41) is 34.6. The van der Waals surface area contributed by atoms with Crippen molar-refractivity contribution in [2.24, 2.45) is 55.7 Å². The first-order valence-electron chi connectivity index (χ1n) is 17.5. The first kappa shape index (κ1) is 32.4. The smallest absolute Gasteiger partial charge is 0.316 e. The maximum Gasteiger partial charge on any atom is 0.316 e. The topological polar surface area (TPSA) is 95.7 Å². The maximum atomic E-state index is 12.2. The molecule has 1 heterocycles. The van der Waals surface area contributed by atoms with Crippen molar-refractivity contribution >= 4 is 0 Å². The van der Waals surface area contributed by atoms with Gasteiger partial charge in [-0.2, -0.15) is 0 Å². The minimum absolute atomic E-state index is 0.00577. The second kappa shape index (κ2) is 9.76. The van der Waals surface area contributed by atoms with E-state index in [1.807, 2.05) is 0 Å². The van der Waals surface area contributed by atoms with Gasteiger partial charge in [0.25, 0.3) is 0 Å². The van der Waals surface area contributed by atoms with Crippen LogP contribution in [0.2, 0.25) is 0 Å². The van der Waals surface area contributed by atoms with Crippen LogP contribution in [0.4, 0.5) is 0 Å². The van der Waals surface area contributed by atoms with Crippen LogP contribution in [0, 0.1) is 55.7 Å². The van der Waals surface area contributed by atoms with Crippen LogP contribution in [0.15, 0.2) is 31.1 Å². The van der Waals surface area contributed by atoms with E-state index < -0.39 is 23.2 Å². The van der Waals surface area contributed by atoms with Gasteiger partial charge in [0, 0.05) is 17.8 Å². The molecule has 5 aliphatic carbocycles. The highest BCUT2D eigenvalue weighted by atomic mass is 16.5. The third-order valence-electron chi connectivity index (χ3n) is 16.5. The second-order valence-electron chi connectivity index (χ2n) is 17.9. The number of aliphatic hydroxyl groups excluding tert-OH is 2. The third-order valence-corrected chi connectivity index (χ3v) is 16.5. The van der Waals surface area contributed by atoms with Gasteiger partial charge in [0.15, 0.2) is 0 Å². The Labute approximate surface area is 266 Å². The van der Waals surface area contributed by atoms with Crippen LogP contribution in [0.5, 0.6) is 6.01 Å². The summed E-state index contributed by atoms with van der Waals surface area (Å²) in [4.78, 5) is 8.51. The molecule has 5 fully saturated rings. The van der Waals surface area contributed by atoms with Crippen LogP contribution in [0.1, 0.15) is 120 Å². The zero-order chi connectivity index (χ0) is 32.4. The number of rotatable bonds is 8. The largest absolute Gasteiger partial charge is 0.457 e. The van der Waals surface area contributed by atoms with Gasteiger partial charge < -0.3 is 20.1 Å². The lowest BCUT2D eigenvalue weighted by atomic mass is 9.37. The molecular weight excluding hydrogens is 548 g/mol. The van der Waals surface area contributed by atoms with E-state index in [2.05, 4.69) is 71.1 Å². The lowest BCUT2D eigenvalue weighted by Crippen LogP contribution is -2.62. The molecule has 1 unspecified atom stereocenters.